The summed E-state index contributed by atoms with van der Waals surface area (Å²) in [7, 11) is 0. The predicted octanol–water partition coefficient (Wildman–Crippen LogP) is 2.20. The molecule has 0 saturated heterocycles. The van der Waals surface area contributed by atoms with E-state index in [0.717, 1.165) is 6.54 Å². The lowest BCUT2D eigenvalue weighted by Gasteiger charge is -2.27. The molecule has 0 spiro atoms. The van der Waals surface area contributed by atoms with Crippen LogP contribution in [0.3, 0.4) is 0 Å². The fourth-order valence-corrected chi connectivity index (χ4v) is 1.76. The van der Waals surface area contributed by atoms with Gasteiger partial charge in [0.1, 0.15) is 5.82 Å². The summed E-state index contributed by atoms with van der Waals surface area (Å²) >= 11 is 0. The molecule has 1 unspecified atom stereocenters. The fraction of sp³-hybridized carbons (Fsp3) is 0.500. The van der Waals surface area contributed by atoms with Gasteiger partial charge in [-0.3, -0.25) is 4.90 Å². The third-order valence-corrected chi connectivity index (χ3v) is 2.70. The normalized spacial score (nSPS) is 13.1. The van der Waals surface area contributed by atoms with E-state index in [2.05, 4.69) is 0 Å². The zero-order valence-corrected chi connectivity index (χ0v) is 9.28. The third kappa shape index (κ3) is 3.01. The van der Waals surface area contributed by atoms with E-state index in [0.29, 0.717) is 12.1 Å². The summed E-state index contributed by atoms with van der Waals surface area (Å²) in [6, 6.07) is 6.79. The van der Waals surface area contributed by atoms with E-state index in [4.69, 9.17) is 5.11 Å². The van der Waals surface area contributed by atoms with Crippen molar-refractivity contribution >= 4 is 0 Å². The largest absolute Gasteiger partial charge is 0.395 e. The van der Waals surface area contributed by atoms with Gasteiger partial charge in [0, 0.05) is 18.2 Å². The van der Waals surface area contributed by atoms with Gasteiger partial charge in [0.05, 0.1) is 6.61 Å². The van der Waals surface area contributed by atoms with Crippen LogP contribution in [0, 0.1) is 5.82 Å². The number of hydrogen-bond donors (Lipinski definition) is 1. The first kappa shape index (κ1) is 12.1. The molecule has 1 aromatic carbocycles. The summed E-state index contributed by atoms with van der Waals surface area (Å²) < 4.78 is 13.5. The van der Waals surface area contributed by atoms with Crippen molar-refractivity contribution in [2.24, 2.45) is 0 Å². The summed E-state index contributed by atoms with van der Waals surface area (Å²) in [6.07, 6.45) is 0. The molecule has 1 aromatic rings. The number of likely N-dealkylation sites (N-methyl/N-ethyl adjacent to an activating group) is 1. The maximum absolute atomic E-state index is 13.5. The summed E-state index contributed by atoms with van der Waals surface area (Å²) in [6.45, 7) is 5.44. The number of halogens is 1. The number of benzene rings is 1. The minimum Gasteiger partial charge on any atom is -0.395 e. The number of aliphatic hydroxyl groups is 1. The van der Waals surface area contributed by atoms with Crippen molar-refractivity contribution in [1.82, 2.24) is 4.90 Å². The van der Waals surface area contributed by atoms with Crippen molar-refractivity contribution in [3.63, 3.8) is 0 Å². The second-order valence-corrected chi connectivity index (χ2v) is 3.55. The Morgan fingerprint density at radius 3 is 2.60 bits per heavy atom. The molecular formula is C12H18FNO. The minimum absolute atomic E-state index is 0.00310. The average Bonchev–Trinajstić information content (AvgIpc) is 2.25. The molecule has 0 aliphatic carbocycles. The van der Waals surface area contributed by atoms with Crippen LogP contribution in [0.25, 0.3) is 0 Å². The van der Waals surface area contributed by atoms with Crippen LogP contribution in [-0.4, -0.2) is 29.7 Å². The molecule has 0 radical (unpaired) electrons. The topological polar surface area (TPSA) is 23.5 Å². The minimum atomic E-state index is -0.179. The average molecular weight is 211 g/mol. The Morgan fingerprint density at radius 1 is 1.40 bits per heavy atom. The number of rotatable bonds is 5. The molecular weight excluding hydrogens is 193 g/mol. The predicted molar refractivity (Wildman–Crippen MR) is 59.1 cm³/mol. The van der Waals surface area contributed by atoms with Gasteiger partial charge in [0.25, 0.3) is 0 Å². The summed E-state index contributed by atoms with van der Waals surface area (Å²) in [5, 5.41) is 8.90. The van der Waals surface area contributed by atoms with E-state index in [1.165, 1.54) is 6.07 Å². The van der Waals surface area contributed by atoms with Crippen molar-refractivity contribution in [3.05, 3.63) is 35.6 Å². The van der Waals surface area contributed by atoms with Crippen molar-refractivity contribution in [1.29, 1.82) is 0 Å². The van der Waals surface area contributed by atoms with Crippen LogP contribution in [-0.2, 0) is 0 Å². The van der Waals surface area contributed by atoms with E-state index in [1.54, 1.807) is 12.1 Å². The SMILES string of the molecule is CCN(CCO)C(C)c1ccccc1F. The lowest BCUT2D eigenvalue weighted by molar-refractivity contribution is 0.163. The van der Waals surface area contributed by atoms with Crippen molar-refractivity contribution in [2.45, 2.75) is 19.9 Å². The van der Waals surface area contributed by atoms with E-state index in [1.807, 2.05) is 24.8 Å². The zero-order valence-electron chi connectivity index (χ0n) is 9.28. The zero-order chi connectivity index (χ0) is 11.3. The highest BCUT2D eigenvalue weighted by Gasteiger charge is 2.16. The van der Waals surface area contributed by atoms with Gasteiger partial charge in [-0.2, -0.15) is 0 Å². The number of hydrogen-bond acceptors (Lipinski definition) is 2. The molecule has 0 aliphatic rings. The molecule has 1 atom stereocenters. The number of aliphatic hydroxyl groups excluding tert-OH is 1. The molecule has 0 saturated carbocycles. The van der Waals surface area contributed by atoms with Gasteiger partial charge in [-0.1, -0.05) is 25.1 Å². The van der Waals surface area contributed by atoms with E-state index < -0.39 is 0 Å². The molecule has 0 amide bonds. The second kappa shape index (κ2) is 5.83. The van der Waals surface area contributed by atoms with Gasteiger partial charge in [-0.15, -0.1) is 0 Å². The first-order valence-electron chi connectivity index (χ1n) is 5.30. The molecule has 2 nitrogen and oxygen atoms in total. The van der Waals surface area contributed by atoms with E-state index >= 15 is 0 Å². The molecule has 84 valence electrons. The maximum Gasteiger partial charge on any atom is 0.127 e. The molecule has 15 heavy (non-hydrogen) atoms. The van der Waals surface area contributed by atoms with Crippen LogP contribution >= 0.6 is 0 Å². The van der Waals surface area contributed by atoms with Gasteiger partial charge in [-0.25, -0.2) is 4.39 Å². The molecule has 0 aliphatic heterocycles. The standard InChI is InChI=1S/C12H18FNO/c1-3-14(8-9-15)10(2)11-6-4-5-7-12(11)13/h4-7,10,15H,3,8-9H2,1-2H3. The molecule has 0 fully saturated rings. The summed E-state index contributed by atoms with van der Waals surface area (Å²) in [5.74, 6) is -0.179. The quantitative estimate of drug-likeness (QED) is 0.807. The van der Waals surface area contributed by atoms with E-state index in [9.17, 15) is 4.39 Å². The Hall–Kier alpha value is -0.930. The third-order valence-electron chi connectivity index (χ3n) is 2.70. The first-order chi connectivity index (χ1) is 7.20. The fourth-order valence-electron chi connectivity index (χ4n) is 1.76. The van der Waals surface area contributed by atoms with Crippen LogP contribution in [0.4, 0.5) is 4.39 Å². The van der Waals surface area contributed by atoms with Crippen LogP contribution in [0.15, 0.2) is 24.3 Å². The Morgan fingerprint density at radius 2 is 2.07 bits per heavy atom. The molecule has 0 aromatic heterocycles. The monoisotopic (exact) mass is 211 g/mol. The maximum atomic E-state index is 13.5. The highest BCUT2D eigenvalue weighted by atomic mass is 19.1. The van der Waals surface area contributed by atoms with Crippen LogP contribution in [0.2, 0.25) is 0 Å². The summed E-state index contributed by atoms with van der Waals surface area (Å²) in [4.78, 5) is 2.04. The Labute approximate surface area is 90.3 Å². The Bertz CT molecular complexity index is 303. The first-order valence-corrected chi connectivity index (χ1v) is 5.30. The smallest absolute Gasteiger partial charge is 0.127 e. The summed E-state index contributed by atoms with van der Waals surface area (Å²) in [5.41, 5.74) is 0.688. The lowest BCUT2D eigenvalue weighted by Crippen LogP contribution is -2.30. The van der Waals surface area contributed by atoms with Crippen LogP contribution in [0.5, 0.6) is 0 Å². The van der Waals surface area contributed by atoms with Crippen molar-refractivity contribution in [3.8, 4) is 0 Å². The number of nitrogens with zero attached hydrogens (tertiary/aromatic N) is 1. The highest BCUT2D eigenvalue weighted by molar-refractivity contribution is 5.20. The second-order valence-electron chi connectivity index (χ2n) is 3.55. The molecule has 1 rings (SSSR count). The van der Waals surface area contributed by atoms with Gasteiger partial charge < -0.3 is 5.11 Å². The van der Waals surface area contributed by atoms with Crippen molar-refractivity contribution in [2.75, 3.05) is 19.7 Å². The van der Waals surface area contributed by atoms with E-state index in [-0.39, 0.29) is 18.5 Å². The molecule has 0 heterocycles. The van der Waals surface area contributed by atoms with Gasteiger partial charge in [0.15, 0.2) is 0 Å². The van der Waals surface area contributed by atoms with Gasteiger partial charge in [-0.05, 0) is 19.5 Å². The molecule has 0 bridgehead atoms. The van der Waals surface area contributed by atoms with Crippen molar-refractivity contribution < 1.29 is 9.50 Å². The Balaban J connectivity index is 2.82. The lowest BCUT2D eigenvalue weighted by atomic mass is 10.1. The van der Waals surface area contributed by atoms with Crippen LogP contribution < -0.4 is 0 Å². The molecule has 1 N–H and O–H groups in total. The van der Waals surface area contributed by atoms with Crippen LogP contribution in [0.1, 0.15) is 25.5 Å². The van der Waals surface area contributed by atoms with Gasteiger partial charge in [0.2, 0.25) is 0 Å². The molecule has 3 heteroatoms. The Kier molecular flexibility index (Phi) is 4.72. The highest BCUT2D eigenvalue weighted by Crippen LogP contribution is 2.21. The van der Waals surface area contributed by atoms with Gasteiger partial charge >= 0.3 is 0 Å².